The minimum atomic E-state index is -0.394. The maximum absolute atomic E-state index is 11.7. The van der Waals surface area contributed by atoms with Crippen molar-refractivity contribution >= 4 is 17.0 Å². The zero-order valence-electron chi connectivity index (χ0n) is 10.3. The Kier molecular flexibility index (Phi) is 2.72. The van der Waals surface area contributed by atoms with Crippen LogP contribution in [0, 0.1) is 0 Å². The number of ether oxygens (including phenoxy) is 1. The van der Waals surface area contributed by atoms with Crippen LogP contribution in [0.2, 0.25) is 0 Å². The molecule has 5 heteroatoms. The predicted molar refractivity (Wildman–Crippen MR) is 70.7 cm³/mol. The van der Waals surface area contributed by atoms with Crippen molar-refractivity contribution in [2.45, 2.75) is 0 Å². The molecule has 0 fully saturated rings. The second kappa shape index (κ2) is 4.53. The molecule has 3 aromatic rings. The summed E-state index contributed by atoms with van der Waals surface area (Å²) in [6, 6.07) is 9.10. The number of pyridine rings is 1. The van der Waals surface area contributed by atoms with Gasteiger partial charge in [0.2, 0.25) is 0 Å². The van der Waals surface area contributed by atoms with Gasteiger partial charge >= 0.3 is 5.97 Å². The van der Waals surface area contributed by atoms with Gasteiger partial charge < -0.3 is 9.72 Å². The van der Waals surface area contributed by atoms with E-state index in [1.165, 1.54) is 7.11 Å². The number of aromatic nitrogens is 3. The van der Waals surface area contributed by atoms with Crippen LogP contribution in [0.25, 0.3) is 22.4 Å². The van der Waals surface area contributed by atoms with E-state index in [9.17, 15) is 4.79 Å². The molecule has 19 heavy (non-hydrogen) atoms. The zero-order chi connectivity index (χ0) is 13.2. The number of imidazole rings is 1. The lowest BCUT2D eigenvalue weighted by atomic mass is 10.2. The number of carbonyl (C=O) groups excluding carboxylic acids is 1. The van der Waals surface area contributed by atoms with Gasteiger partial charge in [-0.15, -0.1) is 0 Å². The van der Waals surface area contributed by atoms with Gasteiger partial charge in [-0.05, 0) is 24.3 Å². The number of nitrogens with zero attached hydrogens (tertiary/aromatic N) is 2. The molecule has 1 N–H and O–H groups in total. The van der Waals surface area contributed by atoms with Gasteiger partial charge in [0.1, 0.15) is 11.3 Å². The zero-order valence-corrected chi connectivity index (χ0v) is 10.3. The number of hydrogen-bond donors (Lipinski definition) is 1. The molecule has 5 nitrogen and oxygen atoms in total. The smallest absolute Gasteiger partial charge is 0.340 e. The average Bonchev–Trinajstić information content (AvgIpc) is 2.91. The molecule has 0 atom stereocenters. The third kappa shape index (κ3) is 1.95. The van der Waals surface area contributed by atoms with Crippen LogP contribution < -0.4 is 0 Å². The number of carbonyl (C=O) groups is 1. The van der Waals surface area contributed by atoms with E-state index in [0.717, 1.165) is 11.1 Å². The lowest BCUT2D eigenvalue weighted by molar-refractivity contribution is 0.0603. The van der Waals surface area contributed by atoms with Crippen molar-refractivity contribution in [3.63, 3.8) is 0 Å². The van der Waals surface area contributed by atoms with Crippen LogP contribution in [0.4, 0.5) is 0 Å². The van der Waals surface area contributed by atoms with Crippen molar-refractivity contribution < 1.29 is 9.53 Å². The quantitative estimate of drug-likeness (QED) is 0.712. The Labute approximate surface area is 109 Å². The molecule has 1 aromatic carbocycles. The first kappa shape index (κ1) is 11.4. The van der Waals surface area contributed by atoms with Crippen molar-refractivity contribution in [3.05, 3.63) is 48.3 Å². The number of esters is 1. The first-order valence-corrected chi connectivity index (χ1v) is 5.77. The maximum Gasteiger partial charge on any atom is 0.340 e. The fourth-order valence-corrected chi connectivity index (χ4v) is 1.95. The van der Waals surface area contributed by atoms with Crippen LogP contribution in [0.3, 0.4) is 0 Å². The van der Waals surface area contributed by atoms with Crippen LogP contribution in [-0.2, 0) is 4.74 Å². The molecule has 0 amide bonds. The molecule has 0 unspecified atom stereocenters. The van der Waals surface area contributed by atoms with Crippen LogP contribution in [0.1, 0.15) is 10.4 Å². The van der Waals surface area contributed by atoms with Gasteiger partial charge in [0, 0.05) is 18.0 Å². The van der Waals surface area contributed by atoms with E-state index in [-0.39, 0.29) is 0 Å². The number of nitrogens with one attached hydrogen (secondary N) is 1. The topological polar surface area (TPSA) is 67.9 Å². The molecule has 0 saturated carbocycles. The minimum Gasteiger partial charge on any atom is -0.465 e. The Morgan fingerprint density at radius 2 is 2.16 bits per heavy atom. The van der Waals surface area contributed by atoms with Gasteiger partial charge in [0.25, 0.3) is 0 Å². The lowest BCUT2D eigenvalue weighted by Gasteiger charge is -1.98. The summed E-state index contributed by atoms with van der Waals surface area (Å²) < 4.78 is 4.75. The molecule has 0 spiro atoms. The maximum atomic E-state index is 11.7. The Morgan fingerprint density at radius 3 is 2.89 bits per heavy atom. The molecule has 94 valence electrons. The number of para-hydroxylation sites is 1. The molecule has 0 aliphatic heterocycles. The molecular formula is C14H11N3O2. The van der Waals surface area contributed by atoms with Crippen molar-refractivity contribution in [3.8, 4) is 11.4 Å². The van der Waals surface area contributed by atoms with E-state index in [1.54, 1.807) is 24.5 Å². The fourth-order valence-electron chi connectivity index (χ4n) is 1.95. The van der Waals surface area contributed by atoms with Gasteiger partial charge in [-0.3, -0.25) is 4.98 Å². The van der Waals surface area contributed by atoms with Crippen LogP contribution >= 0.6 is 0 Å². The highest BCUT2D eigenvalue weighted by molar-refractivity contribution is 6.02. The molecule has 2 heterocycles. The summed E-state index contributed by atoms with van der Waals surface area (Å²) in [5, 5.41) is 0. The highest BCUT2D eigenvalue weighted by Gasteiger charge is 2.14. The van der Waals surface area contributed by atoms with Gasteiger partial charge in [-0.1, -0.05) is 6.07 Å². The van der Waals surface area contributed by atoms with Gasteiger partial charge in [0.05, 0.1) is 18.2 Å². The summed E-state index contributed by atoms with van der Waals surface area (Å²) >= 11 is 0. The van der Waals surface area contributed by atoms with Crippen LogP contribution in [-0.4, -0.2) is 28.0 Å². The van der Waals surface area contributed by atoms with Crippen molar-refractivity contribution in [2.75, 3.05) is 7.11 Å². The monoisotopic (exact) mass is 253 g/mol. The molecular weight excluding hydrogens is 242 g/mol. The van der Waals surface area contributed by atoms with Crippen LogP contribution in [0.5, 0.6) is 0 Å². The van der Waals surface area contributed by atoms with E-state index in [0.29, 0.717) is 16.9 Å². The summed E-state index contributed by atoms with van der Waals surface area (Å²) in [5.74, 6) is 0.286. The molecule has 0 radical (unpaired) electrons. The Bertz CT molecular complexity index is 735. The Morgan fingerprint density at radius 1 is 1.26 bits per heavy atom. The summed E-state index contributed by atoms with van der Waals surface area (Å²) in [7, 11) is 1.36. The predicted octanol–water partition coefficient (Wildman–Crippen LogP) is 2.41. The number of benzene rings is 1. The lowest BCUT2D eigenvalue weighted by Crippen LogP contribution is -2.01. The molecule has 3 rings (SSSR count). The standard InChI is InChI=1S/C14H11N3O2/c1-19-14(18)10-5-2-6-11-12(10)17-13(16-11)9-4-3-7-15-8-9/h2-8H,1H3,(H,16,17). The van der Waals surface area contributed by atoms with Gasteiger partial charge in [-0.2, -0.15) is 0 Å². The number of H-pyrrole nitrogens is 1. The Balaban J connectivity index is 2.19. The Hall–Kier alpha value is -2.69. The third-order valence-corrected chi connectivity index (χ3v) is 2.85. The number of fused-ring (bicyclic) bond motifs is 1. The molecule has 0 saturated heterocycles. The fraction of sp³-hybridized carbons (Fsp3) is 0.0714. The second-order valence-corrected chi connectivity index (χ2v) is 4.02. The van der Waals surface area contributed by atoms with Crippen molar-refractivity contribution in [2.24, 2.45) is 0 Å². The third-order valence-electron chi connectivity index (χ3n) is 2.85. The summed E-state index contributed by atoms with van der Waals surface area (Å²) in [6.45, 7) is 0. The molecule has 0 aliphatic carbocycles. The molecule has 0 bridgehead atoms. The highest BCUT2D eigenvalue weighted by Crippen LogP contribution is 2.22. The van der Waals surface area contributed by atoms with E-state index < -0.39 is 5.97 Å². The molecule has 2 aromatic heterocycles. The SMILES string of the molecule is COC(=O)c1cccc2[nH]c(-c3cccnc3)nc12. The number of aromatic amines is 1. The number of methoxy groups -OCH3 is 1. The highest BCUT2D eigenvalue weighted by atomic mass is 16.5. The van der Waals surface area contributed by atoms with Crippen LogP contribution in [0.15, 0.2) is 42.7 Å². The number of hydrogen-bond acceptors (Lipinski definition) is 4. The van der Waals surface area contributed by atoms with Gasteiger partial charge in [-0.25, -0.2) is 9.78 Å². The minimum absolute atomic E-state index is 0.394. The first-order valence-electron chi connectivity index (χ1n) is 5.77. The van der Waals surface area contributed by atoms with Gasteiger partial charge in [0.15, 0.2) is 0 Å². The van der Waals surface area contributed by atoms with E-state index in [2.05, 4.69) is 15.0 Å². The average molecular weight is 253 g/mol. The normalized spacial score (nSPS) is 10.6. The number of rotatable bonds is 2. The van der Waals surface area contributed by atoms with E-state index >= 15 is 0 Å². The second-order valence-electron chi connectivity index (χ2n) is 4.02. The summed E-state index contributed by atoms with van der Waals surface area (Å²) in [4.78, 5) is 23.4. The van der Waals surface area contributed by atoms with E-state index in [4.69, 9.17) is 4.74 Å². The molecule has 0 aliphatic rings. The summed E-state index contributed by atoms with van der Waals surface area (Å²) in [5.41, 5.74) is 2.72. The van der Waals surface area contributed by atoms with E-state index in [1.807, 2.05) is 18.2 Å². The summed E-state index contributed by atoms with van der Waals surface area (Å²) in [6.07, 6.45) is 3.42. The van der Waals surface area contributed by atoms with Crippen molar-refractivity contribution in [1.29, 1.82) is 0 Å². The first-order chi connectivity index (χ1) is 9.29. The van der Waals surface area contributed by atoms with Crippen molar-refractivity contribution in [1.82, 2.24) is 15.0 Å². The largest absolute Gasteiger partial charge is 0.465 e.